The van der Waals surface area contributed by atoms with Crippen molar-refractivity contribution in [2.45, 2.75) is 6.54 Å². The molecule has 0 unspecified atom stereocenters. The summed E-state index contributed by atoms with van der Waals surface area (Å²) >= 11 is 0. The lowest BCUT2D eigenvalue weighted by Crippen LogP contribution is -2.23. The Morgan fingerprint density at radius 2 is 1.66 bits per heavy atom. The molecule has 0 aliphatic carbocycles. The van der Waals surface area contributed by atoms with Crippen LogP contribution in [0.15, 0.2) is 77.9 Å². The molecule has 2 aromatic heterocycles. The van der Waals surface area contributed by atoms with Crippen molar-refractivity contribution in [1.82, 2.24) is 20.0 Å². The Labute approximate surface area is 217 Å². The highest BCUT2D eigenvalue weighted by atomic mass is 16.5. The van der Waals surface area contributed by atoms with Gasteiger partial charge in [0.15, 0.2) is 5.65 Å². The van der Waals surface area contributed by atoms with Crippen molar-refractivity contribution in [3.63, 3.8) is 0 Å². The smallest absolute Gasteiger partial charge is 0.337 e. The van der Waals surface area contributed by atoms with Crippen molar-refractivity contribution in [1.29, 1.82) is 0 Å². The van der Waals surface area contributed by atoms with Gasteiger partial charge in [0.25, 0.3) is 5.91 Å². The summed E-state index contributed by atoms with van der Waals surface area (Å²) in [5, 5.41) is 7.41. The molecule has 2 heterocycles. The van der Waals surface area contributed by atoms with Crippen molar-refractivity contribution in [3.8, 4) is 5.75 Å². The molecule has 0 spiro atoms. The third kappa shape index (κ3) is 4.74. The number of nitrogens with one attached hydrogen (secondary N) is 1. The molecule has 5 aromatic rings. The number of carbonyl (C=O) groups excluding carboxylic acids is 2. The zero-order valence-electron chi connectivity index (χ0n) is 20.7. The molecule has 3 N–H and O–H groups in total. The number of nitrogen functional groups attached to an aromatic ring is 1. The molecule has 10 nitrogen and oxygen atoms in total. The number of amides is 1. The molecular formula is C28H24N6O4. The summed E-state index contributed by atoms with van der Waals surface area (Å²) in [6.45, 7) is 0.283. The number of hydrogen-bond donors (Lipinski definition) is 2. The van der Waals surface area contributed by atoms with Gasteiger partial charge in [-0.1, -0.05) is 36.4 Å². The van der Waals surface area contributed by atoms with E-state index in [4.69, 9.17) is 20.2 Å². The molecule has 3 aromatic carbocycles. The van der Waals surface area contributed by atoms with E-state index in [-0.39, 0.29) is 17.9 Å². The van der Waals surface area contributed by atoms with E-state index in [1.807, 2.05) is 48.5 Å². The number of carbonyl (C=O) groups is 2. The van der Waals surface area contributed by atoms with Gasteiger partial charge in [-0.05, 0) is 47.5 Å². The molecule has 0 saturated heterocycles. The van der Waals surface area contributed by atoms with Gasteiger partial charge in [0.05, 0.1) is 37.0 Å². The third-order valence-corrected chi connectivity index (χ3v) is 5.97. The third-order valence-electron chi connectivity index (χ3n) is 5.97. The predicted molar refractivity (Wildman–Crippen MR) is 144 cm³/mol. The number of ether oxygens (including phenoxy) is 2. The Balaban J connectivity index is 1.52. The minimum Gasteiger partial charge on any atom is -0.497 e. The van der Waals surface area contributed by atoms with E-state index in [9.17, 15) is 9.59 Å². The van der Waals surface area contributed by atoms with Crippen LogP contribution in [0, 0.1) is 0 Å². The van der Waals surface area contributed by atoms with Crippen LogP contribution >= 0.6 is 0 Å². The van der Waals surface area contributed by atoms with E-state index in [2.05, 4.69) is 15.4 Å². The molecule has 0 aliphatic rings. The molecule has 10 heteroatoms. The first-order valence-corrected chi connectivity index (χ1v) is 11.7. The van der Waals surface area contributed by atoms with Crippen LogP contribution in [-0.4, -0.2) is 47.0 Å². The van der Waals surface area contributed by atoms with Gasteiger partial charge in [0.1, 0.15) is 22.6 Å². The fourth-order valence-corrected chi connectivity index (χ4v) is 3.95. The molecule has 0 fully saturated rings. The van der Waals surface area contributed by atoms with Crippen LogP contribution < -0.4 is 15.8 Å². The highest BCUT2D eigenvalue weighted by molar-refractivity contribution is 6.10. The molecule has 1 amide bonds. The number of esters is 1. The standard InChI is InChI=1S/C28H24N6O4/c1-37-20-13-9-17(10-14-20)15-30-27(35)23-24-26(33-22-6-4-3-5-21(22)32-24)34(25(23)29)31-16-18-7-11-19(12-8-18)28(36)38-2/h3-14,16H,15,29H2,1-2H3,(H,30,35)/b31-16+. The summed E-state index contributed by atoms with van der Waals surface area (Å²) in [6.07, 6.45) is 1.56. The highest BCUT2D eigenvalue weighted by Gasteiger charge is 2.24. The van der Waals surface area contributed by atoms with Crippen molar-refractivity contribution in [2.75, 3.05) is 20.0 Å². The Kier molecular flexibility index (Phi) is 6.68. The fourth-order valence-electron chi connectivity index (χ4n) is 3.95. The van der Waals surface area contributed by atoms with Crippen molar-refractivity contribution < 1.29 is 19.1 Å². The van der Waals surface area contributed by atoms with E-state index >= 15 is 0 Å². The van der Waals surface area contributed by atoms with E-state index in [0.29, 0.717) is 33.3 Å². The van der Waals surface area contributed by atoms with Gasteiger partial charge in [0.2, 0.25) is 0 Å². The summed E-state index contributed by atoms with van der Waals surface area (Å²) in [5.41, 5.74) is 10.6. The van der Waals surface area contributed by atoms with Gasteiger partial charge in [0, 0.05) is 6.54 Å². The lowest BCUT2D eigenvalue weighted by atomic mass is 10.1. The zero-order valence-corrected chi connectivity index (χ0v) is 20.7. The fraction of sp³-hybridized carbons (Fsp3) is 0.107. The van der Waals surface area contributed by atoms with Crippen molar-refractivity contribution in [2.24, 2.45) is 5.10 Å². The number of para-hydroxylation sites is 2. The number of rotatable bonds is 7. The molecular weight excluding hydrogens is 484 g/mol. The lowest BCUT2D eigenvalue weighted by molar-refractivity contribution is 0.0600. The van der Waals surface area contributed by atoms with Gasteiger partial charge >= 0.3 is 5.97 Å². The van der Waals surface area contributed by atoms with Crippen LogP contribution in [-0.2, 0) is 11.3 Å². The molecule has 38 heavy (non-hydrogen) atoms. The topological polar surface area (TPSA) is 134 Å². The summed E-state index contributed by atoms with van der Waals surface area (Å²) in [6, 6.07) is 21.5. The van der Waals surface area contributed by atoms with Crippen molar-refractivity contribution in [3.05, 3.63) is 95.1 Å². The maximum absolute atomic E-state index is 13.3. The van der Waals surface area contributed by atoms with Crippen LogP contribution in [0.4, 0.5) is 5.82 Å². The molecule has 0 radical (unpaired) electrons. The lowest BCUT2D eigenvalue weighted by Gasteiger charge is -2.06. The SMILES string of the molecule is COC(=O)c1ccc(/C=N/n2c(N)c(C(=O)NCc3ccc(OC)cc3)c3nc4ccccc4nc32)cc1. The zero-order chi connectivity index (χ0) is 26.6. The van der Waals surface area contributed by atoms with E-state index < -0.39 is 11.9 Å². The number of methoxy groups -OCH3 is 2. The Bertz CT molecular complexity index is 1670. The molecule has 0 atom stereocenters. The number of hydrogen-bond acceptors (Lipinski definition) is 8. The number of aromatic nitrogens is 3. The van der Waals surface area contributed by atoms with E-state index in [1.165, 1.54) is 11.8 Å². The average Bonchev–Trinajstić information content (AvgIpc) is 3.23. The monoisotopic (exact) mass is 508 g/mol. The minimum absolute atomic E-state index is 0.102. The quantitative estimate of drug-likeness (QED) is 0.252. The maximum Gasteiger partial charge on any atom is 0.337 e. The predicted octanol–water partition coefficient (Wildman–Crippen LogP) is 3.77. The molecule has 0 aliphatic heterocycles. The number of anilines is 1. The number of nitrogens with zero attached hydrogens (tertiary/aromatic N) is 4. The van der Waals surface area contributed by atoms with Gasteiger partial charge in [-0.3, -0.25) is 4.79 Å². The van der Waals surface area contributed by atoms with Crippen LogP contribution in [0.1, 0.15) is 31.8 Å². The number of benzene rings is 3. The van der Waals surface area contributed by atoms with Crippen LogP contribution in [0.5, 0.6) is 5.75 Å². The van der Waals surface area contributed by atoms with E-state index in [1.54, 1.807) is 37.6 Å². The molecule has 190 valence electrons. The number of fused-ring (bicyclic) bond motifs is 2. The Morgan fingerprint density at radius 3 is 2.32 bits per heavy atom. The Morgan fingerprint density at radius 1 is 0.974 bits per heavy atom. The first-order chi connectivity index (χ1) is 18.5. The first-order valence-electron chi connectivity index (χ1n) is 11.7. The molecule has 0 saturated carbocycles. The summed E-state index contributed by atoms with van der Waals surface area (Å²) in [4.78, 5) is 34.4. The minimum atomic E-state index is -0.429. The second kappa shape index (κ2) is 10.4. The van der Waals surface area contributed by atoms with Gasteiger partial charge in [-0.25, -0.2) is 14.8 Å². The van der Waals surface area contributed by atoms with Crippen LogP contribution in [0.25, 0.3) is 22.2 Å². The maximum atomic E-state index is 13.3. The summed E-state index contributed by atoms with van der Waals surface area (Å²) < 4.78 is 11.3. The number of nitrogens with two attached hydrogens (primary N) is 1. The van der Waals surface area contributed by atoms with Crippen LogP contribution in [0.2, 0.25) is 0 Å². The Hall–Kier alpha value is -5.25. The van der Waals surface area contributed by atoms with Crippen molar-refractivity contribution >= 4 is 46.1 Å². The van der Waals surface area contributed by atoms with Gasteiger partial charge in [-0.2, -0.15) is 9.78 Å². The van der Waals surface area contributed by atoms with E-state index in [0.717, 1.165) is 11.3 Å². The molecule has 0 bridgehead atoms. The van der Waals surface area contributed by atoms with Gasteiger partial charge < -0.3 is 20.5 Å². The normalized spacial score (nSPS) is 11.2. The summed E-state index contributed by atoms with van der Waals surface area (Å²) in [5.74, 6) is 0.00294. The van der Waals surface area contributed by atoms with Crippen LogP contribution in [0.3, 0.4) is 0 Å². The largest absolute Gasteiger partial charge is 0.497 e. The highest BCUT2D eigenvalue weighted by Crippen LogP contribution is 2.28. The second-order valence-corrected chi connectivity index (χ2v) is 8.35. The summed E-state index contributed by atoms with van der Waals surface area (Å²) in [7, 11) is 2.92. The average molecular weight is 509 g/mol. The molecule has 5 rings (SSSR count). The van der Waals surface area contributed by atoms with Gasteiger partial charge in [-0.15, -0.1) is 0 Å². The first kappa shape index (κ1) is 24.4. The second-order valence-electron chi connectivity index (χ2n) is 8.35.